The molecular weight excluding hydrogens is 234 g/mol. The molecule has 0 bridgehead atoms. The van der Waals surface area contributed by atoms with Crippen molar-refractivity contribution in [1.29, 1.82) is 5.26 Å². The van der Waals surface area contributed by atoms with Crippen molar-refractivity contribution in [1.82, 2.24) is 0 Å². The maximum Gasteiger partial charge on any atom is 0.0690 e. The Hall–Kier alpha value is -0.550. The molecule has 1 aliphatic carbocycles. The summed E-state index contributed by atoms with van der Waals surface area (Å²) in [5, 5.41) is 9.64. The summed E-state index contributed by atoms with van der Waals surface area (Å²) in [6.07, 6.45) is 10.9. The van der Waals surface area contributed by atoms with Crippen LogP contribution in [0.1, 0.15) is 78.6 Å². The molecule has 0 spiro atoms. The van der Waals surface area contributed by atoms with Gasteiger partial charge < -0.3 is 4.74 Å². The minimum Gasteiger partial charge on any atom is -0.372 e. The highest BCUT2D eigenvalue weighted by Gasteiger charge is 2.41. The second-order valence-electron chi connectivity index (χ2n) is 7.37. The Balaban J connectivity index is 1.89. The molecule has 0 amide bonds. The van der Waals surface area contributed by atoms with E-state index in [1.807, 2.05) is 0 Å². The molecule has 2 rings (SSSR count). The summed E-state index contributed by atoms with van der Waals surface area (Å²) in [6, 6.07) is 2.65. The second-order valence-corrected chi connectivity index (χ2v) is 7.37. The van der Waals surface area contributed by atoms with E-state index in [-0.39, 0.29) is 11.0 Å². The molecule has 2 heteroatoms. The molecule has 1 aliphatic heterocycles. The molecule has 1 heterocycles. The Labute approximate surface area is 118 Å². The normalized spacial score (nSPS) is 38.0. The average Bonchev–Trinajstić information content (AvgIpc) is 2.71. The van der Waals surface area contributed by atoms with Crippen molar-refractivity contribution in [2.45, 2.75) is 90.3 Å². The first-order valence-electron chi connectivity index (χ1n) is 8.08. The number of ether oxygens (including phenoxy) is 1. The third kappa shape index (κ3) is 3.72. The smallest absolute Gasteiger partial charge is 0.0690 e. The van der Waals surface area contributed by atoms with Crippen LogP contribution in [-0.2, 0) is 4.74 Å². The van der Waals surface area contributed by atoms with Gasteiger partial charge in [0.2, 0.25) is 0 Å². The fourth-order valence-corrected chi connectivity index (χ4v) is 3.95. The van der Waals surface area contributed by atoms with Crippen LogP contribution in [0.15, 0.2) is 0 Å². The summed E-state index contributed by atoms with van der Waals surface area (Å²) in [7, 11) is 0. The summed E-state index contributed by atoms with van der Waals surface area (Å²) in [5.41, 5.74) is -0.0595. The van der Waals surface area contributed by atoms with E-state index < -0.39 is 0 Å². The van der Waals surface area contributed by atoms with Gasteiger partial charge in [0, 0.05) is 0 Å². The van der Waals surface area contributed by atoms with Gasteiger partial charge in [0.1, 0.15) is 0 Å². The molecule has 1 saturated heterocycles. The zero-order chi connectivity index (χ0) is 13.9. The first-order chi connectivity index (χ1) is 8.99. The lowest BCUT2D eigenvalue weighted by Crippen LogP contribution is -2.31. The number of nitriles is 1. The molecule has 0 aromatic rings. The molecule has 0 N–H and O–H groups in total. The van der Waals surface area contributed by atoms with Crippen LogP contribution in [-0.4, -0.2) is 11.7 Å². The van der Waals surface area contributed by atoms with Crippen LogP contribution in [0.25, 0.3) is 0 Å². The quantitative estimate of drug-likeness (QED) is 0.727. The van der Waals surface area contributed by atoms with E-state index in [1.165, 1.54) is 25.7 Å². The summed E-state index contributed by atoms with van der Waals surface area (Å²) in [6.45, 7) is 6.61. The molecule has 0 aromatic carbocycles. The molecule has 1 atom stereocenters. The standard InChI is InChI=1S/C17H29NO/c1-4-5-14-6-10-17(13-18,11-7-14)12-15-8-9-16(2,3)19-15/h14-15H,4-12H2,1-3H3. The topological polar surface area (TPSA) is 33.0 Å². The average molecular weight is 263 g/mol. The van der Waals surface area contributed by atoms with E-state index in [4.69, 9.17) is 4.74 Å². The Bertz CT molecular complexity index is 334. The molecule has 0 radical (unpaired) electrons. The van der Waals surface area contributed by atoms with Crippen molar-refractivity contribution in [3.8, 4) is 6.07 Å². The summed E-state index contributed by atoms with van der Waals surface area (Å²) in [5.74, 6) is 0.868. The van der Waals surface area contributed by atoms with E-state index in [9.17, 15) is 5.26 Å². The van der Waals surface area contributed by atoms with Gasteiger partial charge >= 0.3 is 0 Å². The van der Waals surface area contributed by atoms with Crippen molar-refractivity contribution in [2.75, 3.05) is 0 Å². The second kappa shape index (κ2) is 5.83. The van der Waals surface area contributed by atoms with Crippen molar-refractivity contribution in [3.05, 3.63) is 0 Å². The van der Waals surface area contributed by atoms with Gasteiger partial charge in [0.05, 0.1) is 23.2 Å². The first-order valence-corrected chi connectivity index (χ1v) is 8.08. The lowest BCUT2D eigenvalue weighted by molar-refractivity contribution is -0.0348. The molecule has 1 unspecified atom stereocenters. The molecule has 2 fully saturated rings. The van der Waals surface area contributed by atoms with E-state index in [2.05, 4.69) is 26.8 Å². The highest BCUT2D eigenvalue weighted by Crippen LogP contribution is 2.46. The van der Waals surface area contributed by atoms with Crippen molar-refractivity contribution in [3.63, 3.8) is 0 Å². The number of rotatable bonds is 4. The Morgan fingerprint density at radius 3 is 2.32 bits per heavy atom. The summed E-state index contributed by atoms with van der Waals surface area (Å²) >= 11 is 0. The predicted molar refractivity (Wildman–Crippen MR) is 77.7 cm³/mol. The molecule has 2 nitrogen and oxygen atoms in total. The summed E-state index contributed by atoms with van der Waals surface area (Å²) in [4.78, 5) is 0. The van der Waals surface area contributed by atoms with E-state index in [0.717, 1.165) is 38.0 Å². The Kier molecular flexibility index (Phi) is 4.56. The van der Waals surface area contributed by atoms with E-state index in [1.54, 1.807) is 0 Å². The van der Waals surface area contributed by atoms with Gasteiger partial charge in [0.15, 0.2) is 0 Å². The van der Waals surface area contributed by atoms with Gasteiger partial charge in [-0.2, -0.15) is 5.26 Å². The fourth-order valence-electron chi connectivity index (χ4n) is 3.95. The van der Waals surface area contributed by atoms with Crippen LogP contribution >= 0.6 is 0 Å². The van der Waals surface area contributed by atoms with Crippen LogP contribution in [0, 0.1) is 22.7 Å². The van der Waals surface area contributed by atoms with E-state index >= 15 is 0 Å². The van der Waals surface area contributed by atoms with Crippen LogP contribution in [0.4, 0.5) is 0 Å². The van der Waals surface area contributed by atoms with Gasteiger partial charge in [-0.15, -0.1) is 0 Å². The van der Waals surface area contributed by atoms with Crippen LogP contribution in [0.5, 0.6) is 0 Å². The van der Waals surface area contributed by atoms with Crippen molar-refractivity contribution < 1.29 is 4.74 Å². The SMILES string of the molecule is CCCC1CCC(C#N)(CC2CCC(C)(C)O2)CC1. The van der Waals surface area contributed by atoms with Gasteiger partial charge in [0.25, 0.3) is 0 Å². The predicted octanol–water partition coefficient (Wildman–Crippen LogP) is 4.83. The molecule has 19 heavy (non-hydrogen) atoms. The molecule has 2 aliphatic rings. The lowest BCUT2D eigenvalue weighted by Gasteiger charge is -2.36. The third-order valence-corrected chi connectivity index (χ3v) is 5.17. The van der Waals surface area contributed by atoms with Crippen LogP contribution in [0.3, 0.4) is 0 Å². The van der Waals surface area contributed by atoms with Gasteiger partial charge in [-0.05, 0) is 64.7 Å². The highest BCUT2D eigenvalue weighted by atomic mass is 16.5. The third-order valence-electron chi connectivity index (χ3n) is 5.17. The highest BCUT2D eigenvalue weighted by molar-refractivity contribution is 5.03. The Morgan fingerprint density at radius 2 is 1.84 bits per heavy atom. The Morgan fingerprint density at radius 1 is 1.16 bits per heavy atom. The lowest BCUT2D eigenvalue weighted by atomic mass is 9.67. The minimum atomic E-state index is -0.0880. The van der Waals surface area contributed by atoms with Crippen molar-refractivity contribution in [2.24, 2.45) is 11.3 Å². The van der Waals surface area contributed by atoms with Gasteiger partial charge in [-0.3, -0.25) is 0 Å². The monoisotopic (exact) mass is 263 g/mol. The maximum absolute atomic E-state index is 9.64. The molecular formula is C17H29NO. The maximum atomic E-state index is 9.64. The van der Waals surface area contributed by atoms with E-state index in [0.29, 0.717) is 6.10 Å². The van der Waals surface area contributed by atoms with Crippen LogP contribution < -0.4 is 0 Å². The number of hydrogen-bond donors (Lipinski definition) is 0. The molecule has 108 valence electrons. The largest absolute Gasteiger partial charge is 0.372 e. The van der Waals surface area contributed by atoms with Gasteiger partial charge in [-0.25, -0.2) is 0 Å². The zero-order valence-corrected chi connectivity index (χ0v) is 12.9. The first kappa shape index (κ1) is 14.9. The summed E-state index contributed by atoms with van der Waals surface area (Å²) < 4.78 is 6.10. The van der Waals surface area contributed by atoms with Crippen molar-refractivity contribution >= 4 is 0 Å². The molecule has 1 saturated carbocycles. The van der Waals surface area contributed by atoms with Gasteiger partial charge in [-0.1, -0.05) is 19.8 Å². The fraction of sp³-hybridized carbons (Fsp3) is 0.941. The number of hydrogen-bond acceptors (Lipinski definition) is 2. The van der Waals surface area contributed by atoms with Crippen LogP contribution in [0.2, 0.25) is 0 Å². The minimum absolute atomic E-state index is 0.0285. The molecule has 0 aromatic heterocycles. The number of nitrogens with zero attached hydrogens (tertiary/aromatic N) is 1. The zero-order valence-electron chi connectivity index (χ0n) is 12.9.